The molecule has 2 N–H and O–H groups in total. The average molecular weight is 142 g/mol. The van der Waals surface area contributed by atoms with Crippen LogP contribution < -0.4 is 5.43 Å². The first-order chi connectivity index (χ1) is 4.83. The molecule has 1 aliphatic heterocycles. The number of aliphatic hydroxyl groups excluding tert-OH is 1. The first-order valence-electron chi connectivity index (χ1n) is 3.06. The summed E-state index contributed by atoms with van der Waals surface area (Å²) in [5.41, 5.74) is 3.65. The highest BCUT2D eigenvalue weighted by molar-refractivity contribution is 4.93. The maximum Gasteiger partial charge on any atom is 0.0833 e. The quantitative estimate of drug-likeness (QED) is 0.571. The van der Waals surface area contributed by atoms with Crippen LogP contribution in [0.3, 0.4) is 0 Å². The van der Waals surface area contributed by atoms with Crippen LogP contribution >= 0.6 is 0 Å². The maximum atomic E-state index is 8.48. The predicted molar refractivity (Wildman–Crippen MR) is 35.5 cm³/mol. The molecule has 0 saturated carbocycles. The Labute approximate surface area is 59.0 Å². The third-order valence-electron chi connectivity index (χ3n) is 1.04. The summed E-state index contributed by atoms with van der Waals surface area (Å²) >= 11 is 0. The van der Waals surface area contributed by atoms with Crippen molar-refractivity contribution in [3.8, 4) is 0 Å². The molecular formula is C5H10N4O. The minimum atomic E-state index is 0.0684. The smallest absolute Gasteiger partial charge is 0.0833 e. The molecule has 0 bridgehead atoms. The van der Waals surface area contributed by atoms with Crippen molar-refractivity contribution in [1.29, 1.82) is 0 Å². The van der Waals surface area contributed by atoms with E-state index in [1.807, 2.05) is 6.92 Å². The molecule has 0 fully saturated rings. The van der Waals surface area contributed by atoms with Crippen molar-refractivity contribution in [1.82, 2.24) is 10.5 Å². The Kier molecular flexibility index (Phi) is 2.22. The summed E-state index contributed by atoms with van der Waals surface area (Å²) < 4.78 is 0. The molecule has 0 aromatic heterocycles. The Morgan fingerprint density at radius 3 is 3.10 bits per heavy atom. The molecule has 5 nitrogen and oxygen atoms in total. The van der Waals surface area contributed by atoms with Gasteiger partial charge in [0.25, 0.3) is 0 Å². The molecule has 56 valence electrons. The molecule has 5 heteroatoms. The number of aliphatic hydroxyl groups is 1. The lowest BCUT2D eigenvalue weighted by molar-refractivity contribution is 0.153. The number of rotatable bonds is 2. The van der Waals surface area contributed by atoms with Crippen LogP contribution in [-0.4, -0.2) is 23.4 Å². The van der Waals surface area contributed by atoms with Crippen LogP contribution in [0.25, 0.3) is 0 Å². The Morgan fingerprint density at radius 2 is 2.60 bits per heavy atom. The number of β-amino-alcohol motifs (C(OH)–C–C–N with tert-alkyl or cyclic N) is 1. The first kappa shape index (κ1) is 7.01. The fraction of sp³-hybridized carbons (Fsp3) is 0.600. The van der Waals surface area contributed by atoms with Crippen molar-refractivity contribution < 1.29 is 5.11 Å². The van der Waals surface area contributed by atoms with Gasteiger partial charge in [0.1, 0.15) is 0 Å². The van der Waals surface area contributed by atoms with E-state index in [4.69, 9.17) is 5.11 Å². The van der Waals surface area contributed by atoms with Gasteiger partial charge >= 0.3 is 0 Å². The summed E-state index contributed by atoms with van der Waals surface area (Å²) in [6.07, 6.45) is 1.72. The molecule has 0 saturated heterocycles. The molecule has 0 atom stereocenters. The lowest BCUT2D eigenvalue weighted by atomic mass is 10.6. The minimum Gasteiger partial charge on any atom is -0.394 e. The van der Waals surface area contributed by atoms with E-state index in [0.717, 1.165) is 5.70 Å². The van der Waals surface area contributed by atoms with Crippen molar-refractivity contribution in [3.63, 3.8) is 0 Å². The van der Waals surface area contributed by atoms with Crippen molar-refractivity contribution in [2.75, 3.05) is 13.2 Å². The molecule has 0 aromatic rings. The second kappa shape index (κ2) is 3.17. The second-order valence-electron chi connectivity index (χ2n) is 1.95. The third-order valence-corrected chi connectivity index (χ3v) is 1.04. The van der Waals surface area contributed by atoms with E-state index < -0.39 is 0 Å². The number of allylic oxidation sites excluding steroid dienone is 1. The van der Waals surface area contributed by atoms with Gasteiger partial charge in [0.05, 0.1) is 18.8 Å². The average Bonchev–Trinajstić information content (AvgIpc) is 1.95. The van der Waals surface area contributed by atoms with Crippen LogP contribution in [0, 0.1) is 0 Å². The van der Waals surface area contributed by atoms with Crippen LogP contribution in [0.1, 0.15) is 6.92 Å². The number of nitrogens with zero attached hydrogens (tertiary/aromatic N) is 3. The topological polar surface area (TPSA) is 60.2 Å². The van der Waals surface area contributed by atoms with E-state index in [2.05, 4.69) is 15.8 Å². The van der Waals surface area contributed by atoms with Crippen molar-refractivity contribution in [2.45, 2.75) is 6.92 Å². The third kappa shape index (κ3) is 1.70. The maximum absolute atomic E-state index is 8.48. The Morgan fingerprint density at radius 1 is 1.80 bits per heavy atom. The molecule has 1 heterocycles. The highest BCUT2D eigenvalue weighted by Gasteiger charge is 2.00. The predicted octanol–water partition coefficient (Wildman–Crippen LogP) is 0.0274. The summed E-state index contributed by atoms with van der Waals surface area (Å²) in [6, 6.07) is 0. The van der Waals surface area contributed by atoms with E-state index in [0.29, 0.717) is 6.54 Å². The summed E-state index contributed by atoms with van der Waals surface area (Å²) in [6.45, 7) is 2.36. The molecule has 1 rings (SSSR count). The fourth-order valence-corrected chi connectivity index (χ4v) is 0.551. The zero-order chi connectivity index (χ0) is 7.40. The summed E-state index contributed by atoms with van der Waals surface area (Å²) in [5.74, 6) is 0. The van der Waals surface area contributed by atoms with E-state index >= 15 is 0 Å². The van der Waals surface area contributed by atoms with Gasteiger partial charge < -0.3 is 5.11 Å². The molecule has 0 amide bonds. The minimum absolute atomic E-state index is 0.0684. The summed E-state index contributed by atoms with van der Waals surface area (Å²) in [4.78, 5) is 0. The summed E-state index contributed by atoms with van der Waals surface area (Å²) in [5, 5.41) is 17.4. The second-order valence-corrected chi connectivity index (χ2v) is 1.95. The number of hydrogen-bond acceptors (Lipinski definition) is 5. The zero-order valence-corrected chi connectivity index (χ0v) is 5.78. The fourth-order valence-electron chi connectivity index (χ4n) is 0.551. The van der Waals surface area contributed by atoms with Gasteiger partial charge in [0, 0.05) is 6.20 Å². The largest absolute Gasteiger partial charge is 0.394 e. The van der Waals surface area contributed by atoms with Crippen molar-refractivity contribution >= 4 is 0 Å². The Hall–Kier alpha value is -1.10. The molecule has 0 aromatic carbocycles. The lowest BCUT2D eigenvalue weighted by Gasteiger charge is -2.18. The molecular weight excluding hydrogens is 132 g/mol. The van der Waals surface area contributed by atoms with Gasteiger partial charge in [-0.15, -0.1) is 5.11 Å². The zero-order valence-electron chi connectivity index (χ0n) is 5.78. The van der Waals surface area contributed by atoms with Gasteiger partial charge in [-0.1, -0.05) is 5.22 Å². The van der Waals surface area contributed by atoms with Gasteiger partial charge in [-0.05, 0) is 6.92 Å². The number of nitrogens with one attached hydrogen (secondary N) is 1. The SMILES string of the molecule is CC1=CNN(CCO)N=N1. The van der Waals surface area contributed by atoms with Crippen LogP contribution in [0.2, 0.25) is 0 Å². The lowest BCUT2D eigenvalue weighted by Crippen LogP contribution is -2.33. The highest BCUT2D eigenvalue weighted by atomic mass is 16.3. The number of hydrogen-bond donors (Lipinski definition) is 2. The van der Waals surface area contributed by atoms with Crippen LogP contribution in [-0.2, 0) is 0 Å². The normalized spacial score (nSPS) is 16.6. The van der Waals surface area contributed by atoms with Gasteiger partial charge in [0.2, 0.25) is 0 Å². The molecule has 10 heavy (non-hydrogen) atoms. The summed E-state index contributed by atoms with van der Waals surface area (Å²) in [7, 11) is 0. The number of hydrazine groups is 1. The monoisotopic (exact) mass is 142 g/mol. The van der Waals surface area contributed by atoms with Crippen LogP contribution in [0.4, 0.5) is 0 Å². The Bertz CT molecular complexity index is 165. The van der Waals surface area contributed by atoms with E-state index in [1.165, 1.54) is 5.12 Å². The first-order valence-corrected chi connectivity index (χ1v) is 3.06. The standard InChI is InChI=1S/C5H10N4O/c1-5-4-6-9(2-3-10)8-7-5/h4,6,10H,2-3H2,1H3. The molecule has 0 spiro atoms. The van der Waals surface area contributed by atoms with Crippen molar-refractivity contribution in [3.05, 3.63) is 11.9 Å². The van der Waals surface area contributed by atoms with E-state index in [9.17, 15) is 0 Å². The van der Waals surface area contributed by atoms with Gasteiger partial charge in [-0.3, -0.25) is 5.43 Å². The van der Waals surface area contributed by atoms with Crippen LogP contribution in [0.5, 0.6) is 0 Å². The van der Waals surface area contributed by atoms with E-state index in [1.54, 1.807) is 6.20 Å². The van der Waals surface area contributed by atoms with Crippen LogP contribution in [0.15, 0.2) is 22.2 Å². The van der Waals surface area contributed by atoms with Gasteiger partial charge in [-0.2, -0.15) is 5.12 Å². The van der Waals surface area contributed by atoms with Crippen molar-refractivity contribution in [2.24, 2.45) is 10.3 Å². The van der Waals surface area contributed by atoms with E-state index in [-0.39, 0.29) is 6.61 Å². The molecule has 0 aliphatic carbocycles. The molecule has 1 aliphatic rings. The molecule has 0 unspecified atom stereocenters. The van der Waals surface area contributed by atoms with Gasteiger partial charge in [-0.25, -0.2) is 0 Å². The Balaban J connectivity index is 2.37. The highest BCUT2D eigenvalue weighted by Crippen LogP contribution is 2.00. The molecule has 0 radical (unpaired) electrons. The van der Waals surface area contributed by atoms with Gasteiger partial charge in [0.15, 0.2) is 0 Å².